The predicted molar refractivity (Wildman–Crippen MR) is 92.5 cm³/mol. The molecule has 0 aliphatic heterocycles. The van der Waals surface area contributed by atoms with Crippen LogP contribution >= 0.6 is 0 Å². The van der Waals surface area contributed by atoms with Gasteiger partial charge in [0.1, 0.15) is 0 Å². The highest BCUT2D eigenvalue weighted by atomic mass is 19.4. The zero-order chi connectivity index (χ0) is 19.4. The van der Waals surface area contributed by atoms with Crippen molar-refractivity contribution in [3.63, 3.8) is 0 Å². The Morgan fingerprint density at radius 1 is 0.778 bits per heavy atom. The summed E-state index contributed by atoms with van der Waals surface area (Å²) in [7, 11) is 0. The SMILES string of the molecule is O=C(Nc1ccccc1C(=O)Nc1ccccc1C(F)(F)F)c1ccco1. The van der Waals surface area contributed by atoms with Crippen LogP contribution in [0, 0.1) is 0 Å². The lowest BCUT2D eigenvalue weighted by Gasteiger charge is -2.15. The van der Waals surface area contributed by atoms with Crippen LogP contribution in [0.3, 0.4) is 0 Å². The van der Waals surface area contributed by atoms with Gasteiger partial charge in [-0.2, -0.15) is 13.2 Å². The minimum absolute atomic E-state index is 0.00869. The van der Waals surface area contributed by atoms with E-state index in [1.807, 2.05) is 0 Å². The van der Waals surface area contributed by atoms with E-state index in [1.54, 1.807) is 6.07 Å². The van der Waals surface area contributed by atoms with Crippen molar-refractivity contribution in [1.82, 2.24) is 0 Å². The Balaban J connectivity index is 1.86. The summed E-state index contributed by atoms with van der Waals surface area (Å²) < 4.78 is 44.3. The normalized spacial score (nSPS) is 11.1. The van der Waals surface area contributed by atoms with E-state index in [0.29, 0.717) is 0 Å². The van der Waals surface area contributed by atoms with Gasteiger partial charge in [0.05, 0.1) is 28.8 Å². The minimum Gasteiger partial charge on any atom is -0.459 e. The van der Waals surface area contributed by atoms with Crippen molar-refractivity contribution in [1.29, 1.82) is 0 Å². The molecule has 3 aromatic rings. The van der Waals surface area contributed by atoms with Gasteiger partial charge in [-0.3, -0.25) is 9.59 Å². The fourth-order valence-corrected chi connectivity index (χ4v) is 2.41. The molecule has 0 bridgehead atoms. The number of nitrogens with one attached hydrogen (secondary N) is 2. The summed E-state index contributed by atoms with van der Waals surface area (Å²) in [6.07, 6.45) is -3.29. The second kappa shape index (κ2) is 7.36. The Bertz CT molecular complexity index is 966. The second-order valence-electron chi connectivity index (χ2n) is 5.47. The Labute approximate surface area is 151 Å². The molecule has 2 aromatic carbocycles. The number of furan rings is 1. The standard InChI is InChI=1S/C19H13F3N2O3/c20-19(21,22)13-7-2-4-9-15(13)24-17(25)12-6-1-3-8-14(12)23-18(26)16-10-5-11-27-16/h1-11H,(H,23,26)(H,24,25). The van der Waals surface area contributed by atoms with Crippen LogP contribution in [0.4, 0.5) is 24.5 Å². The van der Waals surface area contributed by atoms with Crippen molar-refractivity contribution in [2.45, 2.75) is 6.18 Å². The van der Waals surface area contributed by atoms with E-state index < -0.39 is 23.6 Å². The van der Waals surface area contributed by atoms with E-state index >= 15 is 0 Å². The number of carbonyl (C=O) groups is 2. The lowest BCUT2D eigenvalue weighted by Crippen LogP contribution is -2.19. The molecule has 0 spiro atoms. The third-order valence-corrected chi connectivity index (χ3v) is 3.65. The van der Waals surface area contributed by atoms with Crippen LogP contribution in [0.15, 0.2) is 71.3 Å². The van der Waals surface area contributed by atoms with Crippen molar-refractivity contribution in [3.05, 3.63) is 83.8 Å². The smallest absolute Gasteiger partial charge is 0.418 e. The molecule has 0 aliphatic carbocycles. The molecule has 0 radical (unpaired) electrons. The number of rotatable bonds is 4. The molecule has 138 valence electrons. The van der Waals surface area contributed by atoms with Gasteiger partial charge in [0.2, 0.25) is 0 Å². The van der Waals surface area contributed by atoms with Crippen LogP contribution in [0.5, 0.6) is 0 Å². The summed E-state index contributed by atoms with van der Waals surface area (Å²) in [5.74, 6) is -1.34. The van der Waals surface area contributed by atoms with Gasteiger partial charge in [-0.25, -0.2) is 0 Å². The van der Waals surface area contributed by atoms with Crippen LogP contribution in [-0.4, -0.2) is 11.8 Å². The number of hydrogen-bond acceptors (Lipinski definition) is 3. The van der Waals surface area contributed by atoms with Gasteiger partial charge >= 0.3 is 6.18 Å². The number of para-hydroxylation sites is 2. The largest absolute Gasteiger partial charge is 0.459 e. The summed E-state index contributed by atoms with van der Waals surface area (Å²) in [6.45, 7) is 0. The van der Waals surface area contributed by atoms with Gasteiger partial charge < -0.3 is 15.1 Å². The van der Waals surface area contributed by atoms with Gasteiger partial charge in [-0.1, -0.05) is 24.3 Å². The van der Waals surface area contributed by atoms with Crippen molar-refractivity contribution < 1.29 is 27.2 Å². The molecule has 1 heterocycles. The lowest BCUT2D eigenvalue weighted by molar-refractivity contribution is -0.136. The number of amides is 2. The van der Waals surface area contributed by atoms with E-state index in [4.69, 9.17) is 4.42 Å². The molecule has 0 fully saturated rings. The minimum atomic E-state index is -4.61. The average Bonchev–Trinajstić information content (AvgIpc) is 3.16. The predicted octanol–water partition coefficient (Wildman–Crippen LogP) is 4.80. The van der Waals surface area contributed by atoms with Crippen LogP contribution in [0.1, 0.15) is 26.5 Å². The molecule has 0 saturated carbocycles. The Morgan fingerprint density at radius 3 is 2.07 bits per heavy atom. The van der Waals surface area contributed by atoms with Crippen LogP contribution < -0.4 is 10.6 Å². The van der Waals surface area contributed by atoms with Gasteiger partial charge in [-0.05, 0) is 36.4 Å². The summed E-state index contributed by atoms with van der Waals surface area (Å²) in [5, 5.41) is 4.76. The number of halogens is 3. The topological polar surface area (TPSA) is 71.3 Å². The molecule has 2 amide bonds. The van der Waals surface area contributed by atoms with E-state index in [0.717, 1.165) is 12.1 Å². The maximum Gasteiger partial charge on any atom is 0.418 e. The number of benzene rings is 2. The van der Waals surface area contributed by atoms with E-state index in [-0.39, 0.29) is 22.7 Å². The van der Waals surface area contributed by atoms with Gasteiger partial charge in [-0.15, -0.1) is 0 Å². The second-order valence-corrected chi connectivity index (χ2v) is 5.47. The Kier molecular flexibility index (Phi) is 4.98. The zero-order valence-electron chi connectivity index (χ0n) is 13.7. The quantitative estimate of drug-likeness (QED) is 0.689. The average molecular weight is 374 g/mol. The molecule has 2 N–H and O–H groups in total. The van der Waals surface area contributed by atoms with Gasteiger partial charge in [0.25, 0.3) is 11.8 Å². The number of hydrogen-bond donors (Lipinski definition) is 2. The van der Waals surface area contributed by atoms with Crippen molar-refractivity contribution in [3.8, 4) is 0 Å². The Hall–Kier alpha value is -3.55. The molecule has 8 heteroatoms. The highest BCUT2D eigenvalue weighted by Crippen LogP contribution is 2.35. The molecular weight excluding hydrogens is 361 g/mol. The first-order chi connectivity index (χ1) is 12.9. The fraction of sp³-hybridized carbons (Fsp3) is 0.0526. The summed E-state index contributed by atoms with van der Waals surface area (Å²) in [6, 6.07) is 13.6. The summed E-state index contributed by atoms with van der Waals surface area (Å²) in [4.78, 5) is 24.6. The number of alkyl halides is 3. The van der Waals surface area contributed by atoms with E-state index in [1.165, 1.54) is 48.7 Å². The number of carbonyl (C=O) groups excluding carboxylic acids is 2. The van der Waals surface area contributed by atoms with Gasteiger partial charge in [0.15, 0.2) is 5.76 Å². The van der Waals surface area contributed by atoms with Crippen LogP contribution in [-0.2, 0) is 6.18 Å². The molecule has 0 atom stereocenters. The molecule has 3 rings (SSSR count). The highest BCUT2D eigenvalue weighted by molar-refractivity contribution is 6.12. The van der Waals surface area contributed by atoms with E-state index in [9.17, 15) is 22.8 Å². The molecule has 5 nitrogen and oxygen atoms in total. The van der Waals surface area contributed by atoms with Crippen LogP contribution in [0.2, 0.25) is 0 Å². The van der Waals surface area contributed by atoms with Gasteiger partial charge in [0, 0.05) is 0 Å². The van der Waals surface area contributed by atoms with Crippen molar-refractivity contribution in [2.75, 3.05) is 10.6 Å². The first kappa shape index (κ1) is 18.2. The molecule has 0 saturated heterocycles. The fourth-order valence-electron chi connectivity index (χ4n) is 2.41. The van der Waals surface area contributed by atoms with Crippen molar-refractivity contribution >= 4 is 23.2 Å². The third kappa shape index (κ3) is 4.17. The third-order valence-electron chi connectivity index (χ3n) is 3.65. The Morgan fingerprint density at radius 2 is 1.41 bits per heavy atom. The molecular formula is C19H13F3N2O3. The maximum atomic E-state index is 13.1. The molecule has 0 unspecified atom stereocenters. The first-order valence-electron chi connectivity index (χ1n) is 7.78. The molecule has 1 aromatic heterocycles. The maximum absolute atomic E-state index is 13.1. The molecule has 0 aliphatic rings. The zero-order valence-corrected chi connectivity index (χ0v) is 13.7. The first-order valence-corrected chi connectivity index (χ1v) is 7.78. The lowest BCUT2D eigenvalue weighted by atomic mass is 10.1. The molecule has 27 heavy (non-hydrogen) atoms. The highest BCUT2D eigenvalue weighted by Gasteiger charge is 2.33. The van der Waals surface area contributed by atoms with Crippen LogP contribution in [0.25, 0.3) is 0 Å². The summed E-state index contributed by atoms with van der Waals surface area (Å²) in [5.41, 5.74) is -1.19. The monoisotopic (exact) mass is 374 g/mol. The van der Waals surface area contributed by atoms with E-state index in [2.05, 4.69) is 10.6 Å². The summed E-state index contributed by atoms with van der Waals surface area (Å²) >= 11 is 0. The van der Waals surface area contributed by atoms with Crippen molar-refractivity contribution in [2.24, 2.45) is 0 Å². The number of anilines is 2.